The smallest absolute Gasteiger partial charge is 0.00485 e. The maximum atomic E-state index is 2.27. The Labute approximate surface area is 99.7 Å². The van der Waals surface area contributed by atoms with Crippen LogP contribution < -0.4 is 0 Å². The van der Waals surface area contributed by atoms with Crippen molar-refractivity contribution in [3.8, 4) is 0 Å². The van der Waals surface area contributed by atoms with Gasteiger partial charge in [0.1, 0.15) is 0 Å². The Morgan fingerprint density at radius 1 is 1.19 bits per heavy atom. The SMILES string of the molecule is C/C=C\C=C(/CC)C(CC)c1ccccc1. The molecule has 1 rings (SSSR count). The minimum absolute atomic E-state index is 0.572. The Morgan fingerprint density at radius 3 is 2.38 bits per heavy atom. The highest BCUT2D eigenvalue weighted by Crippen LogP contribution is 2.29. The van der Waals surface area contributed by atoms with E-state index in [0.717, 1.165) is 6.42 Å². The molecule has 0 saturated heterocycles. The molecule has 1 unspecified atom stereocenters. The Balaban J connectivity index is 2.96. The molecule has 0 amide bonds. The Hall–Kier alpha value is -1.30. The molecular formula is C16H22. The molecule has 86 valence electrons. The second-order valence-electron chi connectivity index (χ2n) is 3.99. The van der Waals surface area contributed by atoms with Crippen LogP contribution in [-0.4, -0.2) is 0 Å². The standard InChI is InChI=1S/C16H22/c1-4-7-11-14(5-2)16(6-3)15-12-9-8-10-13-15/h4,7-13,16H,5-6H2,1-3H3/b7-4-,14-11+. The Kier molecular flexibility index (Phi) is 5.63. The summed E-state index contributed by atoms with van der Waals surface area (Å²) in [5, 5.41) is 0. The van der Waals surface area contributed by atoms with Gasteiger partial charge in [0.05, 0.1) is 0 Å². The van der Waals surface area contributed by atoms with E-state index < -0.39 is 0 Å². The summed E-state index contributed by atoms with van der Waals surface area (Å²) < 4.78 is 0. The fourth-order valence-corrected chi connectivity index (χ4v) is 2.10. The molecule has 0 aliphatic heterocycles. The minimum atomic E-state index is 0.572. The third-order valence-corrected chi connectivity index (χ3v) is 2.97. The van der Waals surface area contributed by atoms with Crippen LogP contribution in [0.5, 0.6) is 0 Å². The van der Waals surface area contributed by atoms with E-state index in [9.17, 15) is 0 Å². The second-order valence-corrected chi connectivity index (χ2v) is 3.99. The summed E-state index contributed by atoms with van der Waals surface area (Å²) >= 11 is 0. The zero-order valence-corrected chi connectivity index (χ0v) is 10.6. The number of hydrogen-bond donors (Lipinski definition) is 0. The van der Waals surface area contributed by atoms with E-state index in [0.29, 0.717) is 5.92 Å². The highest BCUT2D eigenvalue weighted by Gasteiger charge is 2.11. The summed E-state index contributed by atoms with van der Waals surface area (Å²) in [7, 11) is 0. The van der Waals surface area contributed by atoms with Crippen LogP contribution in [0.15, 0.2) is 54.1 Å². The Morgan fingerprint density at radius 2 is 1.88 bits per heavy atom. The lowest BCUT2D eigenvalue weighted by molar-refractivity contribution is 0.730. The summed E-state index contributed by atoms with van der Waals surface area (Å²) in [4.78, 5) is 0. The monoisotopic (exact) mass is 214 g/mol. The number of allylic oxidation sites excluding steroid dienone is 4. The van der Waals surface area contributed by atoms with E-state index in [2.05, 4.69) is 69.3 Å². The van der Waals surface area contributed by atoms with Gasteiger partial charge in [-0.15, -0.1) is 0 Å². The van der Waals surface area contributed by atoms with Gasteiger partial charge >= 0.3 is 0 Å². The zero-order chi connectivity index (χ0) is 11.8. The van der Waals surface area contributed by atoms with Crippen LogP contribution in [0.3, 0.4) is 0 Å². The van der Waals surface area contributed by atoms with Crippen molar-refractivity contribution in [3.63, 3.8) is 0 Å². The molecule has 0 radical (unpaired) electrons. The molecule has 0 heterocycles. The molecule has 1 atom stereocenters. The molecule has 0 fully saturated rings. The van der Waals surface area contributed by atoms with Crippen LogP contribution in [0.25, 0.3) is 0 Å². The molecule has 0 aromatic heterocycles. The van der Waals surface area contributed by atoms with Gasteiger partial charge in [-0.2, -0.15) is 0 Å². The van der Waals surface area contributed by atoms with Crippen LogP contribution in [0.2, 0.25) is 0 Å². The van der Waals surface area contributed by atoms with Crippen LogP contribution in [0.4, 0.5) is 0 Å². The molecule has 0 nitrogen and oxygen atoms in total. The fraction of sp³-hybridized carbons (Fsp3) is 0.375. The molecule has 16 heavy (non-hydrogen) atoms. The van der Waals surface area contributed by atoms with Crippen molar-refractivity contribution in [3.05, 3.63) is 59.7 Å². The molecule has 1 aromatic rings. The minimum Gasteiger partial charge on any atom is -0.0877 e. The van der Waals surface area contributed by atoms with Crippen molar-refractivity contribution in [2.45, 2.75) is 39.5 Å². The van der Waals surface area contributed by atoms with E-state index in [4.69, 9.17) is 0 Å². The summed E-state index contributed by atoms with van der Waals surface area (Å²) in [6, 6.07) is 10.8. The first-order chi connectivity index (χ1) is 7.83. The van der Waals surface area contributed by atoms with Crippen LogP contribution in [0.1, 0.15) is 45.1 Å². The maximum Gasteiger partial charge on any atom is 0.00485 e. The number of rotatable bonds is 5. The van der Waals surface area contributed by atoms with E-state index >= 15 is 0 Å². The predicted octanol–water partition coefficient (Wildman–Crippen LogP) is 5.09. The van der Waals surface area contributed by atoms with Crippen molar-refractivity contribution in [2.75, 3.05) is 0 Å². The van der Waals surface area contributed by atoms with Gasteiger partial charge in [-0.25, -0.2) is 0 Å². The predicted molar refractivity (Wildman–Crippen MR) is 72.7 cm³/mol. The molecule has 0 heteroatoms. The van der Waals surface area contributed by atoms with Gasteiger partial charge < -0.3 is 0 Å². The van der Waals surface area contributed by atoms with E-state index in [-0.39, 0.29) is 0 Å². The van der Waals surface area contributed by atoms with Crippen LogP contribution >= 0.6 is 0 Å². The van der Waals surface area contributed by atoms with Crippen LogP contribution in [-0.2, 0) is 0 Å². The molecule has 0 bridgehead atoms. The summed E-state index contributed by atoms with van der Waals surface area (Å²) in [5.41, 5.74) is 2.95. The average Bonchev–Trinajstić information content (AvgIpc) is 2.35. The molecule has 0 spiro atoms. The maximum absolute atomic E-state index is 2.27. The van der Waals surface area contributed by atoms with Crippen molar-refractivity contribution in [1.29, 1.82) is 0 Å². The Bertz CT molecular complexity index is 344. The van der Waals surface area contributed by atoms with Gasteiger partial charge in [-0.3, -0.25) is 0 Å². The summed E-state index contributed by atoms with van der Waals surface area (Å²) in [6.07, 6.45) is 8.79. The van der Waals surface area contributed by atoms with Gasteiger partial charge in [0.25, 0.3) is 0 Å². The second kappa shape index (κ2) is 7.05. The third-order valence-electron chi connectivity index (χ3n) is 2.97. The summed E-state index contributed by atoms with van der Waals surface area (Å²) in [5.74, 6) is 0.572. The average molecular weight is 214 g/mol. The summed E-state index contributed by atoms with van der Waals surface area (Å²) in [6.45, 7) is 6.56. The first kappa shape index (κ1) is 12.8. The first-order valence-corrected chi connectivity index (χ1v) is 6.20. The van der Waals surface area contributed by atoms with Gasteiger partial charge in [-0.1, -0.05) is 68.0 Å². The van der Waals surface area contributed by atoms with Gasteiger partial charge in [0.2, 0.25) is 0 Å². The molecule has 0 aliphatic carbocycles. The van der Waals surface area contributed by atoms with E-state index in [1.807, 2.05) is 0 Å². The van der Waals surface area contributed by atoms with Gasteiger partial charge in [0.15, 0.2) is 0 Å². The molecule has 0 saturated carbocycles. The number of benzene rings is 1. The topological polar surface area (TPSA) is 0 Å². The largest absolute Gasteiger partial charge is 0.0877 e. The van der Waals surface area contributed by atoms with Crippen LogP contribution in [0, 0.1) is 0 Å². The normalized spacial score (nSPS) is 14.3. The van der Waals surface area contributed by atoms with E-state index in [1.165, 1.54) is 17.6 Å². The number of hydrogen-bond acceptors (Lipinski definition) is 0. The quantitative estimate of drug-likeness (QED) is 0.599. The highest BCUT2D eigenvalue weighted by molar-refractivity contribution is 5.30. The first-order valence-electron chi connectivity index (χ1n) is 6.20. The van der Waals surface area contributed by atoms with E-state index in [1.54, 1.807) is 0 Å². The lowest BCUT2D eigenvalue weighted by atomic mass is 9.87. The van der Waals surface area contributed by atoms with Crippen molar-refractivity contribution >= 4 is 0 Å². The molecule has 0 N–H and O–H groups in total. The highest BCUT2D eigenvalue weighted by atomic mass is 14.2. The molecular weight excluding hydrogens is 192 g/mol. The zero-order valence-electron chi connectivity index (χ0n) is 10.6. The molecule has 0 aliphatic rings. The van der Waals surface area contributed by atoms with Crippen molar-refractivity contribution < 1.29 is 0 Å². The fourth-order valence-electron chi connectivity index (χ4n) is 2.10. The van der Waals surface area contributed by atoms with Crippen molar-refractivity contribution in [2.24, 2.45) is 0 Å². The lowest BCUT2D eigenvalue weighted by Crippen LogP contribution is -2.00. The van der Waals surface area contributed by atoms with Gasteiger partial charge in [0, 0.05) is 5.92 Å². The van der Waals surface area contributed by atoms with Gasteiger partial charge in [-0.05, 0) is 25.3 Å². The molecule has 1 aromatic carbocycles. The third kappa shape index (κ3) is 3.37. The van der Waals surface area contributed by atoms with Crippen molar-refractivity contribution in [1.82, 2.24) is 0 Å². The lowest BCUT2D eigenvalue weighted by Gasteiger charge is -2.18.